The second-order valence-electron chi connectivity index (χ2n) is 6.62. The molecule has 0 bridgehead atoms. The highest BCUT2D eigenvalue weighted by molar-refractivity contribution is 9.10. The Hall–Kier alpha value is -3.15. The van der Waals surface area contributed by atoms with Gasteiger partial charge in [-0.2, -0.15) is 10.4 Å². The third-order valence-electron chi connectivity index (χ3n) is 4.94. The van der Waals surface area contributed by atoms with Crippen LogP contribution < -0.4 is 15.2 Å². The first kappa shape index (κ1) is 20.1. The number of aromatic hydroxyl groups is 1. The van der Waals surface area contributed by atoms with Crippen LogP contribution in [0.4, 0.5) is 0 Å². The number of rotatable bonds is 3. The summed E-state index contributed by atoms with van der Waals surface area (Å²) >= 11 is 9.87. The molecule has 0 aliphatic carbocycles. The summed E-state index contributed by atoms with van der Waals surface area (Å²) in [5.74, 6) is -0.218. The molecule has 2 heterocycles. The van der Waals surface area contributed by atoms with Gasteiger partial charge in [-0.25, -0.2) is 4.68 Å². The Morgan fingerprint density at radius 2 is 2.07 bits per heavy atom. The van der Waals surface area contributed by atoms with Gasteiger partial charge in [0.2, 0.25) is 11.8 Å². The lowest BCUT2D eigenvalue weighted by atomic mass is 9.84. The quantitative estimate of drug-likeness (QED) is 0.562. The molecule has 0 radical (unpaired) electrons. The third kappa shape index (κ3) is 2.98. The first-order valence-corrected chi connectivity index (χ1v) is 10.0. The summed E-state index contributed by atoms with van der Waals surface area (Å²) in [6, 6.07) is 13.2. The zero-order valence-corrected chi connectivity index (χ0v) is 18.3. The number of ether oxygens (including phenoxy) is 2. The highest BCUT2D eigenvalue weighted by atomic mass is 79.9. The van der Waals surface area contributed by atoms with E-state index in [1.54, 1.807) is 10.7 Å². The smallest absolute Gasteiger partial charge is 0.229 e. The minimum Gasteiger partial charge on any atom is -0.503 e. The molecule has 0 spiro atoms. The Kier molecular flexibility index (Phi) is 5.10. The number of fused-ring (bicyclic) bond motifs is 1. The molecule has 0 amide bonds. The zero-order chi connectivity index (χ0) is 21.6. The maximum Gasteiger partial charge on any atom is 0.229 e. The number of hydrogen-bond donors (Lipinski definition) is 2. The second-order valence-corrected chi connectivity index (χ2v) is 7.79. The average molecular weight is 488 g/mol. The van der Waals surface area contributed by atoms with Crippen LogP contribution in [0.2, 0.25) is 5.02 Å². The van der Waals surface area contributed by atoms with Crippen LogP contribution in [-0.2, 0) is 0 Å². The maximum absolute atomic E-state index is 10.3. The van der Waals surface area contributed by atoms with Crippen LogP contribution in [0, 0.1) is 18.3 Å². The first-order chi connectivity index (χ1) is 14.4. The Bertz CT molecular complexity index is 1230. The van der Waals surface area contributed by atoms with Gasteiger partial charge in [0.05, 0.1) is 39.5 Å². The fourth-order valence-electron chi connectivity index (χ4n) is 3.55. The number of benzene rings is 2. The molecule has 0 saturated carbocycles. The van der Waals surface area contributed by atoms with E-state index in [0.717, 1.165) is 5.69 Å². The Balaban J connectivity index is 2.02. The third-order valence-corrected chi connectivity index (χ3v) is 6.35. The van der Waals surface area contributed by atoms with E-state index >= 15 is 0 Å². The SMILES string of the molecule is COc1cc(C2C(C#N)=C(N)Oc3c2c(C)nn3-c2ccccc2)c(Cl)c(Br)c1O. The van der Waals surface area contributed by atoms with E-state index in [1.807, 2.05) is 37.3 Å². The number of phenols is 1. The molecule has 3 N–H and O–H groups in total. The lowest BCUT2D eigenvalue weighted by Crippen LogP contribution is -2.22. The van der Waals surface area contributed by atoms with Crippen molar-refractivity contribution in [3.63, 3.8) is 0 Å². The minimum atomic E-state index is -0.658. The number of nitriles is 1. The molecule has 0 saturated heterocycles. The molecule has 3 aromatic rings. The molecule has 0 fully saturated rings. The number of nitrogens with two attached hydrogens (primary N) is 1. The van der Waals surface area contributed by atoms with Gasteiger partial charge in [-0.3, -0.25) is 0 Å². The van der Waals surface area contributed by atoms with Gasteiger partial charge < -0.3 is 20.3 Å². The van der Waals surface area contributed by atoms with Gasteiger partial charge >= 0.3 is 0 Å². The van der Waals surface area contributed by atoms with Crippen LogP contribution in [-0.4, -0.2) is 22.0 Å². The number of halogens is 2. The molecule has 152 valence electrons. The molecule has 2 aromatic carbocycles. The summed E-state index contributed by atoms with van der Waals surface area (Å²) in [4.78, 5) is 0. The van der Waals surface area contributed by atoms with Crippen molar-refractivity contribution in [3.8, 4) is 29.1 Å². The largest absolute Gasteiger partial charge is 0.503 e. The van der Waals surface area contributed by atoms with Gasteiger partial charge in [0.1, 0.15) is 11.6 Å². The van der Waals surface area contributed by atoms with E-state index in [1.165, 1.54) is 7.11 Å². The molecule has 9 heteroatoms. The Labute approximate surface area is 186 Å². The molecule has 1 aliphatic heterocycles. The number of allylic oxidation sites excluding steroid dienone is 1. The zero-order valence-electron chi connectivity index (χ0n) is 16.0. The molecule has 4 rings (SSSR count). The first-order valence-electron chi connectivity index (χ1n) is 8.86. The maximum atomic E-state index is 10.3. The highest BCUT2D eigenvalue weighted by Crippen LogP contribution is 2.51. The van der Waals surface area contributed by atoms with Gasteiger partial charge in [-0.1, -0.05) is 29.8 Å². The minimum absolute atomic E-state index is 0.0358. The molecule has 1 atom stereocenters. The van der Waals surface area contributed by atoms with Gasteiger partial charge in [0.25, 0.3) is 0 Å². The van der Waals surface area contributed by atoms with Crippen molar-refractivity contribution >= 4 is 27.5 Å². The summed E-state index contributed by atoms with van der Waals surface area (Å²) in [6.07, 6.45) is 0. The number of para-hydroxylation sites is 1. The lowest BCUT2D eigenvalue weighted by Gasteiger charge is -2.26. The van der Waals surface area contributed by atoms with Gasteiger partial charge in [-0.15, -0.1) is 0 Å². The van der Waals surface area contributed by atoms with Gasteiger partial charge in [0, 0.05) is 0 Å². The number of hydrogen-bond acceptors (Lipinski definition) is 6. The summed E-state index contributed by atoms with van der Waals surface area (Å²) in [7, 11) is 1.43. The molecule has 7 nitrogen and oxygen atoms in total. The number of aromatic nitrogens is 2. The highest BCUT2D eigenvalue weighted by Gasteiger charge is 2.38. The van der Waals surface area contributed by atoms with E-state index < -0.39 is 5.92 Å². The topological polar surface area (TPSA) is 106 Å². The molecule has 1 unspecified atom stereocenters. The summed E-state index contributed by atoms with van der Waals surface area (Å²) < 4.78 is 13.0. The van der Waals surface area contributed by atoms with Crippen molar-refractivity contribution < 1.29 is 14.6 Å². The van der Waals surface area contributed by atoms with E-state index in [9.17, 15) is 10.4 Å². The van der Waals surface area contributed by atoms with Gasteiger partial charge in [-0.05, 0) is 46.6 Å². The second kappa shape index (κ2) is 7.59. The summed E-state index contributed by atoms with van der Waals surface area (Å²) in [6.45, 7) is 1.83. The van der Waals surface area contributed by atoms with Crippen molar-refractivity contribution in [1.29, 1.82) is 5.26 Å². The van der Waals surface area contributed by atoms with Crippen molar-refractivity contribution in [1.82, 2.24) is 9.78 Å². The predicted octanol–water partition coefficient (Wildman–Crippen LogP) is 4.53. The molecule has 1 aromatic heterocycles. The van der Waals surface area contributed by atoms with E-state index in [-0.39, 0.29) is 32.5 Å². The van der Waals surface area contributed by atoms with E-state index in [0.29, 0.717) is 22.7 Å². The molecule has 1 aliphatic rings. The van der Waals surface area contributed by atoms with Crippen molar-refractivity contribution in [2.24, 2.45) is 5.73 Å². The fourth-order valence-corrected chi connectivity index (χ4v) is 4.22. The van der Waals surface area contributed by atoms with E-state index in [2.05, 4.69) is 27.1 Å². The number of phenolic OH excluding ortho intramolecular Hbond substituents is 1. The van der Waals surface area contributed by atoms with Gasteiger partial charge in [0.15, 0.2) is 11.5 Å². The number of methoxy groups -OCH3 is 1. The summed E-state index contributed by atoms with van der Waals surface area (Å²) in [5.41, 5.74) is 8.95. The van der Waals surface area contributed by atoms with Crippen LogP contribution in [0.25, 0.3) is 5.69 Å². The Morgan fingerprint density at radius 3 is 2.70 bits per heavy atom. The van der Waals surface area contributed by atoms with Crippen molar-refractivity contribution in [3.05, 3.63) is 74.2 Å². The van der Waals surface area contributed by atoms with Crippen molar-refractivity contribution in [2.75, 3.05) is 7.11 Å². The number of aryl methyl sites for hydroxylation is 1. The number of nitrogens with zero attached hydrogens (tertiary/aromatic N) is 3. The van der Waals surface area contributed by atoms with Crippen LogP contribution in [0.1, 0.15) is 22.7 Å². The van der Waals surface area contributed by atoms with E-state index in [4.69, 9.17) is 26.8 Å². The van der Waals surface area contributed by atoms with Crippen molar-refractivity contribution in [2.45, 2.75) is 12.8 Å². The van der Waals surface area contributed by atoms with Crippen LogP contribution in [0.15, 0.2) is 52.3 Å². The predicted molar refractivity (Wildman–Crippen MR) is 115 cm³/mol. The Morgan fingerprint density at radius 1 is 1.37 bits per heavy atom. The average Bonchev–Trinajstić information content (AvgIpc) is 3.08. The fraction of sp³-hybridized carbons (Fsp3) is 0.143. The molecular formula is C21H16BrClN4O3. The normalized spacial score (nSPS) is 15.4. The van der Waals surface area contributed by atoms with Crippen LogP contribution in [0.3, 0.4) is 0 Å². The lowest BCUT2D eigenvalue weighted by molar-refractivity contribution is 0.364. The van der Waals surface area contributed by atoms with Crippen LogP contribution in [0.5, 0.6) is 17.4 Å². The standard InChI is InChI=1S/C21H16BrClN4O3/c1-10-15-16(12-8-14(29-2)19(28)17(22)18(12)23)13(9-24)20(25)30-21(15)27(26-10)11-6-4-3-5-7-11/h3-8,16,28H,25H2,1-2H3. The molecule has 30 heavy (non-hydrogen) atoms. The molecular weight excluding hydrogens is 472 g/mol. The summed E-state index contributed by atoms with van der Waals surface area (Å²) in [5, 5.41) is 25.0. The monoisotopic (exact) mass is 486 g/mol. The van der Waals surface area contributed by atoms with Crippen LogP contribution >= 0.6 is 27.5 Å².